The molecule has 0 aromatic heterocycles. The molecule has 0 aliphatic heterocycles. The summed E-state index contributed by atoms with van der Waals surface area (Å²) in [6.07, 6.45) is 8.43. The van der Waals surface area contributed by atoms with Crippen LogP contribution in [-0.2, 0) is 16.5 Å². The molecule has 2 rings (SSSR count). The number of hydrogen-bond acceptors (Lipinski definition) is 4. The maximum atomic E-state index is 11.6. The van der Waals surface area contributed by atoms with E-state index in [1.807, 2.05) is 0 Å². The van der Waals surface area contributed by atoms with Gasteiger partial charge in [0.05, 0.1) is 4.90 Å². The van der Waals surface area contributed by atoms with Crippen molar-refractivity contribution in [1.29, 1.82) is 0 Å². The Balaban J connectivity index is 0.00000392. The van der Waals surface area contributed by atoms with Crippen molar-refractivity contribution in [3.63, 3.8) is 0 Å². The molecule has 0 heterocycles. The second-order valence-corrected chi connectivity index (χ2v) is 8.08. The average Bonchev–Trinajstić information content (AvgIpc) is 2.62. The van der Waals surface area contributed by atoms with Gasteiger partial charge in [0.2, 0.25) is 0 Å². The van der Waals surface area contributed by atoms with E-state index in [-0.39, 0.29) is 62.0 Å². The first kappa shape index (κ1) is 25.6. The van der Waals surface area contributed by atoms with Crippen LogP contribution in [0.4, 0.5) is 0 Å². The van der Waals surface area contributed by atoms with E-state index in [0.29, 0.717) is 23.5 Å². The Bertz CT molecular complexity index is 819. The summed E-state index contributed by atoms with van der Waals surface area (Å²) in [4.78, 5) is -0.0734. The molecule has 7 heteroatoms. The van der Waals surface area contributed by atoms with Crippen LogP contribution in [0.2, 0.25) is 0 Å². The third kappa shape index (κ3) is 8.94. The van der Waals surface area contributed by atoms with Gasteiger partial charge in [-0.2, -0.15) is 8.42 Å². The Labute approximate surface area is 210 Å². The van der Waals surface area contributed by atoms with E-state index in [4.69, 9.17) is 4.74 Å². The first-order chi connectivity index (χ1) is 12.9. The second kappa shape index (κ2) is 13.0. The molecule has 1 N–H and O–H groups in total. The van der Waals surface area contributed by atoms with Crippen LogP contribution < -0.4 is 61.2 Å². The van der Waals surface area contributed by atoms with Crippen molar-refractivity contribution in [1.82, 2.24) is 0 Å². The third-order valence-corrected chi connectivity index (χ3v) is 5.37. The zero-order valence-corrected chi connectivity index (χ0v) is 20.6. The molecule has 0 spiro atoms. The fourth-order valence-corrected chi connectivity index (χ4v) is 3.71. The topological polar surface area (TPSA) is 86.7 Å². The van der Waals surface area contributed by atoms with E-state index < -0.39 is 10.1 Å². The molecule has 2 aromatic carbocycles. The number of rotatable bonds is 11. The van der Waals surface area contributed by atoms with Gasteiger partial charge < -0.3 is 9.84 Å². The van der Waals surface area contributed by atoms with Crippen molar-refractivity contribution in [3.05, 3.63) is 48.0 Å². The SMILES string of the molecule is CCCCCCCCCc1cc(Oc2ccc([O-])cc2)ccc1S(=O)(=O)O.[K+]. The van der Waals surface area contributed by atoms with E-state index >= 15 is 0 Å². The summed E-state index contributed by atoms with van der Waals surface area (Å²) < 4.78 is 38.5. The van der Waals surface area contributed by atoms with Gasteiger partial charge in [-0.05, 0) is 48.7 Å². The summed E-state index contributed by atoms with van der Waals surface area (Å²) in [7, 11) is -4.28. The predicted octanol–water partition coefficient (Wildman–Crippen LogP) is 2.10. The molecule has 0 amide bonds. The van der Waals surface area contributed by atoms with Crippen LogP contribution in [-0.4, -0.2) is 13.0 Å². The Morgan fingerprint density at radius 2 is 1.46 bits per heavy atom. The molecule has 0 fully saturated rings. The first-order valence-electron chi connectivity index (χ1n) is 9.45. The van der Waals surface area contributed by atoms with Crippen molar-refractivity contribution < 1.29 is 74.2 Å². The fourth-order valence-electron chi connectivity index (χ4n) is 2.98. The Morgan fingerprint density at radius 3 is 2.07 bits per heavy atom. The molecule has 0 aliphatic rings. The summed E-state index contributed by atoms with van der Waals surface area (Å²) in [5.74, 6) is 0.860. The molecule has 0 aliphatic carbocycles. The molecule has 2 aromatic rings. The van der Waals surface area contributed by atoms with Crippen LogP contribution in [0.3, 0.4) is 0 Å². The largest absolute Gasteiger partial charge is 1.00 e. The van der Waals surface area contributed by atoms with Gasteiger partial charge in [0.15, 0.2) is 0 Å². The van der Waals surface area contributed by atoms with Gasteiger partial charge in [-0.1, -0.05) is 57.6 Å². The molecule has 0 radical (unpaired) electrons. The van der Waals surface area contributed by atoms with Crippen molar-refractivity contribution in [2.24, 2.45) is 0 Å². The van der Waals surface area contributed by atoms with Gasteiger partial charge in [-0.15, -0.1) is 5.75 Å². The smallest absolute Gasteiger partial charge is 0.872 e. The molecular formula is C21H27KO5S. The molecular weight excluding hydrogens is 403 g/mol. The van der Waals surface area contributed by atoms with E-state index in [1.54, 1.807) is 18.2 Å². The predicted molar refractivity (Wildman–Crippen MR) is 104 cm³/mol. The van der Waals surface area contributed by atoms with Crippen LogP contribution in [0.5, 0.6) is 17.2 Å². The maximum Gasteiger partial charge on any atom is 1.00 e. The standard InChI is InChI=1S/C21H28O5S.K/c1-2-3-4-5-6-7-8-9-17-16-20(14-15-21(17)27(23,24)25)26-19-12-10-18(22)11-13-19;/h10-16,22H,2-9H2,1H3,(H,23,24,25);/q;+1/p-1. The second-order valence-electron chi connectivity index (χ2n) is 6.69. The fraction of sp³-hybridized carbons (Fsp3) is 0.429. The van der Waals surface area contributed by atoms with Crippen molar-refractivity contribution >= 4 is 10.1 Å². The van der Waals surface area contributed by atoms with Crippen LogP contribution in [0.25, 0.3) is 0 Å². The van der Waals surface area contributed by atoms with Crippen LogP contribution in [0, 0.1) is 0 Å². The Kier molecular flexibility index (Phi) is 11.9. The zero-order chi connectivity index (χ0) is 19.7. The quantitative estimate of drug-likeness (QED) is 0.335. The van der Waals surface area contributed by atoms with Gasteiger partial charge in [0.25, 0.3) is 10.1 Å². The monoisotopic (exact) mass is 430 g/mol. The van der Waals surface area contributed by atoms with E-state index in [0.717, 1.165) is 19.3 Å². The van der Waals surface area contributed by atoms with E-state index in [1.165, 1.54) is 49.9 Å². The Morgan fingerprint density at radius 1 is 0.893 bits per heavy atom. The molecule has 0 saturated carbocycles. The number of aryl methyl sites for hydroxylation is 1. The van der Waals surface area contributed by atoms with Crippen LogP contribution in [0.15, 0.2) is 47.4 Å². The minimum Gasteiger partial charge on any atom is -0.872 e. The van der Waals surface area contributed by atoms with Crippen molar-refractivity contribution in [2.75, 3.05) is 0 Å². The number of hydrogen-bond donors (Lipinski definition) is 1. The molecule has 28 heavy (non-hydrogen) atoms. The van der Waals surface area contributed by atoms with Crippen molar-refractivity contribution in [2.45, 2.75) is 63.2 Å². The maximum absolute atomic E-state index is 11.6. The van der Waals surface area contributed by atoms with Gasteiger partial charge >= 0.3 is 51.4 Å². The first-order valence-corrected chi connectivity index (χ1v) is 10.9. The Hall–Kier alpha value is -0.414. The van der Waals surface area contributed by atoms with Gasteiger partial charge in [-0.3, -0.25) is 4.55 Å². The number of benzene rings is 2. The zero-order valence-electron chi connectivity index (χ0n) is 16.7. The summed E-state index contributed by atoms with van der Waals surface area (Å²) in [5, 5.41) is 11.2. The van der Waals surface area contributed by atoms with Gasteiger partial charge in [0.1, 0.15) is 11.5 Å². The van der Waals surface area contributed by atoms with Crippen molar-refractivity contribution in [3.8, 4) is 17.2 Å². The summed E-state index contributed by atoms with van der Waals surface area (Å²) in [5.41, 5.74) is 0.545. The van der Waals surface area contributed by atoms with Gasteiger partial charge in [0, 0.05) is 0 Å². The molecule has 148 valence electrons. The molecule has 0 saturated heterocycles. The van der Waals surface area contributed by atoms with Crippen LogP contribution in [0.1, 0.15) is 57.4 Å². The summed E-state index contributed by atoms with van der Waals surface area (Å²) in [6.45, 7) is 2.18. The average molecular weight is 431 g/mol. The van der Waals surface area contributed by atoms with Gasteiger partial charge in [-0.25, -0.2) is 0 Å². The minimum absolute atomic E-state index is 0. The molecule has 0 bridgehead atoms. The minimum atomic E-state index is -4.28. The van der Waals surface area contributed by atoms with E-state index in [9.17, 15) is 18.1 Å². The number of unbranched alkanes of at least 4 members (excludes halogenated alkanes) is 6. The molecule has 0 atom stereocenters. The summed E-state index contributed by atoms with van der Waals surface area (Å²) in [6, 6.07) is 10.4. The number of ether oxygens (including phenoxy) is 1. The van der Waals surface area contributed by atoms with Crippen LogP contribution >= 0.6 is 0 Å². The normalized spacial score (nSPS) is 11.1. The molecule has 5 nitrogen and oxygen atoms in total. The molecule has 0 unspecified atom stereocenters. The van der Waals surface area contributed by atoms with E-state index in [2.05, 4.69) is 6.92 Å². The third-order valence-electron chi connectivity index (χ3n) is 4.42. The summed E-state index contributed by atoms with van der Waals surface area (Å²) >= 11 is 0.